The Morgan fingerprint density at radius 3 is 2.23 bits per heavy atom. The molecule has 1 heterocycles. The molecule has 6 nitrogen and oxygen atoms in total. The second-order valence-electron chi connectivity index (χ2n) is 9.44. The first kappa shape index (κ1) is 29.9. The third-order valence-corrected chi connectivity index (χ3v) is 5.51. The van der Waals surface area contributed by atoms with Crippen LogP contribution in [-0.2, 0) is 17.9 Å². The lowest BCUT2D eigenvalue weighted by molar-refractivity contribution is -0.119. The van der Waals surface area contributed by atoms with Crippen LogP contribution in [0.5, 0.6) is 0 Å². The summed E-state index contributed by atoms with van der Waals surface area (Å²) in [7, 11) is 0. The van der Waals surface area contributed by atoms with Crippen molar-refractivity contribution >= 4 is 40.9 Å². The molecule has 0 saturated carbocycles. The van der Waals surface area contributed by atoms with Crippen LogP contribution in [0.2, 0.25) is 10.0 Å². The van der Waals surface area contributed by atoms with E-state index in [9.17, 15) is 9.18 Å². The molecular weight excluding hydrogens is 536 g/mol. The minimum absolute atomic E-state index is 0.000920. The van der Waals surface area contributed by atoms with Crippen molar-refractivity contribution in [2.24, 2.45) is 5.92 Å². The van der Waals surface area contributed by atoms with Crippen LogP contribution in [0.15, 0.2) is 78.9 Å². The molecule has 0 atom stereocenters. The highest BCUT2D eigenvalue weighted by molar-refractivity contribution is 6.30. The van der Waals surface area contributed by atoms with Crippen molar-refractivity contribution in [2.75, 3.05) is 17.2 Å². The number of benzene rings is 3. The minimum atomic E-state index is -0.370. The van der Waals surface area contributed by atoms with Crippen LogP contribution in [0.3, 0.4) is 0 Å². The Labute approximate surface area is 239 Å². The van der Waals surface area contributed by atoms with Gasteiger partial charge in [-0.15, -0.1) is 0 Å². The maximum Gasteiger partial charge on any atom is 0.239 e. The van der Waals surface area contributed by atoms with Crippen molar-refractivity contribution in [3.8, 4) is 11.3 Å². The Hall–Kier alpha value is -3.68. The van der Waals surface area contributed by atoms with Gasteiger partial charge in [0.05, 0.1) is 12.2 Å². The minimum Gasteiger partial charge on any atom is -0.361 e. The number of carbonyl (C=O) groups excluding carboxylic acids is 1. The first-order valence-electron chi connectivity index (χ1n) is 12.6. The van der Waals surface area contributed by atoms with E-state index in [-0.39, 0.29) is 18.3 Å². The van der Waals surface area contributed by atoms with E-state index in [1.807, 2.05) is 30.3 Å². The van der Waals surface area contributed by atoms with Crippen LogP contribution < -0.4 is 16.0 Å². The molecule has 0 bridgehead atoms. The second kappa shape index (κ2) is 15.0. The van der Waals surface area contributed by atoms with Gasteiger partial charge in [-0.1, -0.05) is 80.4 Å². The standard InChI is InChI=1S/C26H22Cl2FN5O.C4H10/c27-20-9-7-17(8-10-20)14-31-25(35)16-30-24-13-23(19-4-2-6-22(29)12-19)33-26(34-24)32-15-18-3-1-5-21(28)11-18;1-4(2)3/h1-13H,14-16H2,(H,31,35)(H2,30,32,33,34);4H,1-3H3. The van der Waals surface area contributed by atoms with Gasteiger partial charge in [-0.05, 0) is 53.4 Å². The molecule has 0 aliphatic rings. The largest absolute Gasteiger partial charge is 0.361 e. The summed E-state index contributed by atoms with van der Waals surface area (Å²) >= 11 is 12.0. The molecule has 3 N–H and O–H groups in total. The normalized spacial score (nSPS) is 10.4. The van der Waals surface area contributed by atoms with E-state index < -0.39 is 0 Å². The van der Waals surface area contributed by atoms with Gasteiger partial charge < -0.3 is 16.0 Å². The zero-order valence-corrected chi connectivity index (χ0v) is 23.7. The highest BCUT2D eigenvalue weighted by Gasteiger charge is 2.10. The number of nitrogens with one attached hydrogen (secondary N) is 3. The molecule has 204 valence electrons. The van der Waals surface area contributed by atoms with Crippen LogP contribution in [-0.4, -0.2) is 22.4 Å². The van der Waals surface area contributed by atoms with Gasteiger partial charge in [0.25, 0.3) is 0 Å². The SMILES string of the molecule is CC(C)C.O=C(CNc1cc(-c2cccc(F)c2)nc(NCc2cccc(Cl)c2)n1)NCc1ccc(Cl)cc1. The predicted octanol–water partition coefficient (Wildman–Crippen LogP) is 7.59. The van der Waals surface area contributed by atoms with Gasteiger partial charge in [-0.25, -0.2) is 9.37 Å². The van der Waals surface area contributed by atoms with Crippen molar-refractivity contribution in [3.63, 3.8) is 0 Å². The summed E-state index contributed by atoms with van der Waals surface area (Å²) in [6.45, 7) is 7.32. The summed E-state index contributed by atoms with van der Waals surface area (Å²) < 4.78 is 13.8. The second-order valence-corrected chi connectivity index (χ2v) is 10.3. The van der Waals surface area contributed by atoms with Gasteiger partial charge in [0.2, 0.25) is 11.9 Å². The molecule has 0 aliphatic heterocycles. The summed E-state index contributed by atoms with van der Waals surface area (Å²) in [6.07, 6.45) is 0. The van der Waals surface area contributed by atoms with E-state index in [0.717, 1.165) is 17.0 Å². The summed E-state index contributed by atoms with van der Waals surface area (Å²) in [5, 5.41) is 10.3. The van der Waals surface area contributed by atoms with Crippen molar-refractivity contribution in [2.45, 2.75) is 33.9 Å². The molecule has 1 amide bonds. The number of hydrogen-bond donors (Lipinski definition) is 3. The lowest BCUT2D eigenvalue weighted by atomic mass is 10.1. The number of amides is 1. The first-order chi connectivity index (χ1) is 18.7. The van der Waals surface area contributed by atoms with E-state index in [2.05, 4.69) is 46.7 Å². The number of carbonyl (C=O) groups is 1. The third kappa shape index (κ3) is 10.9. The molecule has 9 heteroatoms. The van der Waals surface area contributed by atoms with Crippen molar-refractivity contribution in [1.29, 1.82) is 0 Å². The van der Waals surface area contributed by atoms with Crippen molar-refractivity contribution in [3.05, 3.63) is 106 Å². The van der Waals surface area contributed by atoms with Gasteiger partial charge >= 0.3 is 0 Å². The molecule has 0 fully saturated rings. The molecule has 4 aromatic rings. The molecule has 4 rings (SSSR count). The summed E-state index contributed by atoms with van der Waals surface area (Å²) in [4.78, 5) is 21.3. The topological polar surface area (TPSA) is 78.9 Å². The van der Waals surface area contributed by atoms with Gasteiger partial charge in [0.1, 0.15) is 11.6 Å². The quantitative estimate of drug-likeness (QED) is 0.194. The number of anilines is 2. The highest BCUT2D eigenvalue weighted by Crippen LogP contribution is 2.23. The number of nitrogens with zero attached hydrogens (tertiary/aromatic N) is 2. The number of halogens is 3. The average molecular weight is 569 g/mol. The average Bonchev–Trinajstić information content (AvgIpc) is 2.90. The van der Waals surface area contributed by atoms with E-state index in [1.165, 1.54) is 12.1 Å². The molecule has 0 radical (unpaired) electrons. The number of aromatic nitrogens is 2. The monoisotopic (exact) mass is 567 g/mol. The maximum absolute atomic E-state index is 13.8. The molecule has 0 saturated heterocycles. The van der Waals surface area contributed by atoms with Crippen molar-refractivity contribution in [1.82, 2.24) is 15.3 Å². The molecular formula is C30H32Cl2FN5O. The Morgan fingerprint density at radius 1 is 0.821 bits per heavy atom. The van der Waals surface area contributed by atoms with E-state index in [4.69, 9.17) is 23.2 Å². The van der Waals surface area contributed by atoms with Gasteiger partial charge in [0.15, 0.2) is 0 Å². The Morgan fingerprint density at radius 2 is 1.54 bits per heavy atom. The molecule has 0 aliphatic carbocycles. The smallest absolute Gasteiger partial charge is 0.239 e. The molecule has 0 unspecified atom stereocenters. The van der Waals surface area contributed by atoms with Gasteiger partial charge in [0, 0.05) is 34.8 Å². The number of hydrogen-bond acceptors (Lipinski definition) is 5. The molecule has 39 heavy (non-hydrogen) atoms. The summed E-state index contributed by atoms with van der Waals surface area (Å²) in [6, 6.07) is 22.5. The summed E-state index contributed by atoms with van der Waals surface area (Å²) in [5.41, 5.74) is 2.99. The lowest BCUT2D eigenvalue weighted by Gasteiger charge is -2.12. The van der Waals surface area contributed by atoms with Crippen molar-refractivity contribution < 1.29 is 9.18 Å². The van der Waals surface area contributed by atoms with Crippen LogP contribution in [0.4, 0.5) is 16.2 Å². The fraction of sp³-hybridized carbons (Fsp3) is 0.233. The predicted molar refractivity (Wildman–Crippen MR) is 159 cm³/mol. The third-order valence-electron chi connectivity index (χ3n) is 5.02. The highest BCUT2D eigenvalue weighted by atomic mass is 35.5. The van der Waals surface area contributed by atoms with Gasteiger partial charge in [-0.3, -0.25) is 4.79 Å². The lowest BCUT2D eigenvalue weighted by Crippen LogP contribution is -2.29. The Balaban J connectivity index is 0.000000983. The maximum atomic E-state index is 13.8. The van der Waals surface area contributed by atoms with Crippen LogP contribution >= 0.6 is 23.2 Å². The van der Waals surface area contributed by atoms with Crippen LogP contribution in [0.1, 0.15) is 31.9 Å². The fourth-order valence-electron chi connectivity index (χ4n) is 3.28. The summed E-state index contributed by atoms with van der Waals surface area (Å²) in [5.74, 6) is 1.01. The molecule has 0 spiro atoms. The van der Waals surface area contributed by atoms with E-state index >= 15 is 0 Å². The fourth-order valence-corrected chi connectivity index (χ4v) is 3.62. The zero-order chi connectivity index (χ0) is 28.2. The Bertz CT molecular complexity index is 1360. The zero-order valence-electron chi connectivity index (χ0n) is 22.1. The molecule has 3 aromatic carbocycles. The van der Waals surface area contributed by atoms with Gasteiger partial charge in [-0.2, -0.15) is 4.98 Å². The number of rotatable bonds is 9. The van der Waals surface area contributed by atoms with E-state index in [0.29, 0.717) is 46.2 Å². The van der Waals surface area contributed by atoms with E-state index in [1.54, 1.807) is 36.4 Å². The van der Waals surface area contributed by atoms with Crippen LogP contribution in [0.25, 0.3) is 11.3 Å². The van der Waals surface area contributed by atoms with Crippen LogP contribution in [0, 0.1) is 11.7 Å². The molecule has 1 aromatic heterocycles. The first-order valence-corrected chi connectivity index (χ1v) is 13.3. The Kier molecular flexibility index (Phi) is 11.5.